The second kappa shape index (κ2) is 4.30. The van der Waals surface area contributed by atoms with Crippen LogP contribution < -0.4 is 11.3 Å². The summed E-state index contributed by atoms with van der Waals surface area (Å²) in [5.74, 6) is 6.23. The molecule has 1 heterocycles. The van der Waals surface area contributed by atoms with Crippen LogP contribution in [0, 0.1) is 5.92 Å². The second-order valence-electron chi connectivity index (χ2n) is 4.06. The van der Waals surface area contributed by atoms with Crippen molar-refractivity contribution >= 4 is 0 Å². The van der Waals surface area contributed by atoms with Gasteiger partial charge in [-0.25, -0.2) is 5.43 Å². The van der Waals surface area contributed by atoms with E-state index in [0.29, 0.717) is 5.92 Å². The molecule has 2 unspecified atom stereocenters. The van der Waals surface area contributed by atoms with Crippen molar-refractivity contribution in [3.8, 4) is 0 Å². The molecular formula is C10H18N4O. The van der Waals surface area contributed by atoms with Crippen molar-refractivity contribution in [2.45, 2.75) is 25.0 Å². The summed E-state index contributed by atoms with van der Waals surface area (Å²) in [7, 11) is 3.66. The maximum Gasteiger partial charge on any atom is 0.0892 e. The number of rotatable bonds is 5. The molecule has 0 radical (unpaired) electrons. The molecule has 1 aromatic heterocycles. The van der Waals surface area contributed by atoms with E-state index in [-0.39, 0.29) is 12.1 Å². The summed E-state index contributed by atoms with van der Waals surface area (Å²) >= 11 is 0. The Kier molecular flexibility index (Phi) is 3.04. The summed E-state index contributed by atoms with van der Waals surface area (Å²) in [6, 6.07) is 1.99. The van der Waals surface area contributed by atoms with Gasteiger partial charge in [0.15, 0.2) is 0 Å². The third-order valence-corrected chi connectivity index (χ3v) is 3.04. The fourth-order valence-electron chi connectivity index (χ4n) is 2.06. The Morgan fingerprint density at radius 3 is 2.80 bits per heavy atom. The van der Waals surface area contributed by atoms with Gasteiger partial charge in [0.1, 0.15) is 0 Å². The molecule has 15 heavy (non-hydrogen) atoms. The fraction of sp³-hybridized carbons (Fsp3) is 0.700. The highest BCUT2D eigenvalue weighted by Crippen LogP contribution is 2.39. The van der Waals surface area contributed by atoms with E-state index in [4.69, 9.17) is 10.6 Å². The Hall–Kier alpha value is -0.910. The predicted octanol–water partition coefficient (Wildman–Crippen LogP) is 0.349. The highest BCUT2D eigenvalue weighted by Gasteiger charge is 2.38. The summed E-state index contributed by atoms with van der Waals surface area (Å²) in [5, 5.41) is 4.15. The van der Waals surface area contributed by atoms with Crippen LogP contribution in [0.25, 0.3) is 0 Å². The van der Waals surface area contributed by atoms with Crippen molar-refractivity contribution in [3.05, 3.63) is 18.0 Å². The van der Waals surface area contributed by atoms with Crippen LogP contribution >= 0.6 is 0 Å². The average molecular weight is 210 g/mol. The first-order valence-electron chi connectivity index (χ1n) is 5.24. The maximum atomic E-state index is 5.60. The number of ether oxygens (including phenoxy) is 1. The topological polar surface area (TPSA) is 65.1 Å². The largest absolute Gasteiger partial charge is 0.379 e. The molecule has 0 aromatic carbocycles. The van der Waals surface area contributed by atoms with Crippen LogP contribution in [0.15, 0.2) is 12.3 Å². The van der Waals surface area contributed by atoms with Gasteiger partial charge in [-0.15, -0.1) is 0 Å². The van der Waals surface area contributed by atoms with Crippen molar-refractivity contribution in [1.29, 1.82) is 0 Å². The van der Waals surface area contributed by atoms with Gasteiger partial charge in [-0.2, -0.15) is 5.10 Å². The first-order valence-corrected chi connectivity index (χ1v) is 5.24. The molecule has 5 nitrogen and oxygen atoms in total. The van der Waals surface area contributed by atoms with Gasteiger partial charge in [0.05, 0.1) is 17.8 Å². The summed E-state index contributed by atoms with van der Waals surface area (Å²) in [6.45, 7) is 0. The minimum atomic E-state index is 0.0231. The molecule has 0 aliphatic heterocycles. The number of aryl methyl sites for hydroxylation is 1. The quantitative estimate of drug-likeness (QED) is 0.543. The zero-order valence-electron chi connectivity index (χ0n) is 9.18. The SMILES string of the molecule is COC(C1CC1)C(NN)c1ccnn1C. The molecule has 1 aliphatic rings. The molecular weight excluding hydrogens is 192 g/mol. The van der Waals surface area contributed by atoms with Crippen molar-refractivity contribution < 1.29 is 4.74 Å². The van der Waals surface area contributed by atoms with Gasteiger partial charge in [0.25, 0.3) is 0 Å². The highest BCUT2D eigenvalue weighted by molar-refractivity contribution is 5.10. The van der Waals surface area contributed by atoms with E-state index >= 15 is 0 Å². The number of nitrogens with one attached hydrogen (secondary N) is 1. The maximum absolute atomic E-state index is 5.60. The molecule has 1 fully saturated rings. The normalized spacial score (nSPS) is 20.2. The van der Waals surface area contributed by atoms with Gasteiger partial charge in [-0.05, 0) is 24.8 Å². The first kappa shape index (κ1) is 10.6. The number of methoxy groups -OCH3 is 1. The predicted molar refractivity (Wildman–Crippen MR) is 56.8 cm³/mol. The van der Waals surface area contributed by atoms with Crippen LogP contribution in [0.2, 0.25) is 0 Å². The molecule has 0 bridgehead atoms. The van der Waals surface area contributed by atoms with Crippen LogP contribution in [-0.4, -0.2) is 23.0 Å². The number of hydrogen-bond acceptors (Lipinski definition) is 4. The minimum absolute atomic E-state index is 0.0231. The van der Waals surface area contributed by atoms with Gasteiger partial charge in [-0.3, -0.25) is 10.5 Å². The number of hydrogen-bond donors (Lipinski definition) is 2. The Balaban J connectivity index is 2.18. The average Bonchev–Trinajstić information content (AvgIpc) is 2.99. The molecule has 3 N–H and O–H groups in total. The summed E-state index contributed by atoms with van der Waals surface area (Å²) in [6.07, 6.45) is 4.38. The van der Waals surface area contributed by atoms with Crippen LogP contribution in [0.5, 0.6) is 0 Å². The zero-order valence-corrected chi connectivity index (χ0v) is 9.18. The lowest BCUT2D eigenvalue weighted by Gasteiger charge is -2.25. The molecule has 1 aliphatic carbocycles. The van der Waals surface area contributed by atoms with Crippen molar-refractivity contribution in [1.82, 2.24) is 15.2 Å². The Labute approximate surface area is 89.6 Å². The molecule has 2 atom stereocenters. The van der Waals surface area contributed by atoms with E-state index in [1.54, 1.807) is 13.3 Å². The van der Waals surface area contributed by atoms with E-state index in [9.17, 15) is 0 Å². The van der Waals surface area contributed by atoms with Gasteiger partial charge in [0, 0.05) is 20.4 Å². The zero-order chi connectivity index (χ0) is 10.8. The highest BCUT2D eigenvalue weighted by atomic mass is 16.5. The fourth-order valence-corrected chi connectivity index (χ4v) is 2.06. The Morgan fingerprint density at radius 2 is 2.40 bits per heavy atom. The molecule has 1 aromatic rings. The van der Waals surface area contributed by atoms with E-state index in [1.165, 1.54) is 12.8 Å². The molecule has 5 heteroatoms. The summed E-state index contributed by atoms with van der Waals surface area (Å²) < 4.78 is 7.35. The molecule has 0 amide bonds. The van der Waals surface area contributed by atoms with Crippen LogP contribution in [-0.2, 0) is 11.8 Å². The smallest absolute Gasteiger partial charge is 0.0892 e. The van der Waals surface area contributed by atoms with Gasteiger partial charge in [0.2, 0.25) is 0 Å². The Morgan fingerprint density at radius 1 is 1.67 bits per heavy atom. The number of aromatic nitrogens is 2. The van der Waals surface area contributed by atoms with E-state index in [1.807, 2.05) is 17.8 Å². The van der Waals surface area contributed by atoms with Gasteiger partial charge < -0.3 is 4.74 Å². The number of nitrogens with zero attached hydrogens (tertiary/aromatic N) is 2. The van der Waals surface area contributed by atoms with Crippen LogP contribution in [0.1, 0.15) is 24.6 Å². The van der Waals surface area contributed by atoms with Crippen molar-refractivity contribution in [2.75, 3.05) is 7.11 Å². The number of hydrazine groups is 1. The van der Waals surface area contributed by atoms with Gasteiger partial charge >= 0.3 is 0 Å². The third-order valence-electron chi connectivity index (χ3n) is 3.04. The summed E-state index contributed by atoms with van der Waals surface area (Å²) in [4.78, 5) is 0. The van der Waals surface area contributed by atoms with E-state index < -0.39 is 0 Å². The van der Waals surface area contributed by atoms with Crippen LogP contribution in [0.3, 0.4) is 0 Å². The summed E-state index contributed by atoms with van der Waals surface area (Å²) in [5.41, 5.74) is 3.90. The van der Waals surface area contributed by atoms with Gasteiger partial charge in [-0.1, -0.05) is 0 Å². The molecule has 2 rings (SSSR count). The molecule has 84 valence electrons. The lowest BCUT2D eigenvalue weighted by molar-refractivity contribution is 0.0482. The Bertz CT molecular complexity index is 321. The van der Waals surface area contributed by atoms with Crippen molar-refractivity contribution in [3.63, 3.8) is 0 Å². The third kappa shape index (κ3) is 2.04. The van der Waals surface area contributed by atoms with Crippen LogP contribution in [0.4, 0.5) is 0 Å². The lowest BCUT2D eigenvalue weighted by Crippen LogP contribution is -2.39. The monoisotopic (exact) mass is 210 g/mol. The second-order valence-corrected chi connectivity index (χ2v) is 4.06. The first-order chi connectivity index (χ1) is 7.27. The standard InChI is InChI=1S/C10H18N4O/c1-14-8(5-6-12-14)9(13-11)10(15-2)7-3-4-7/h5-7,9-10,13H,3-4,11H2,1-2H3. The van der Waals surface area contributed by atoms with E-state index in [2.05, 4.69) is 10.5 Å². The number of nitrogens with two attached hydrogens (primary N) is 1. The molecule has 0 spiro atoms. The molecule has 1 saturated carbocycles. The minimum Gasteiger partial charge on any atom is -0.379 e. The lowest BCUT2D eigenvalue weighted by atomic mass is 10.0. The molecule has 0 saturated heterocycles. The van der Waals surface area contributed by atoms with Crippen molar-refractivity contribution in [2.24, 2.45) is 18.8 Å². The van der Waals surface area contributed by atoms with E-state index in [0.717, 1.165) is 5.69 Å².